The maximum absolute atomic E-state index is 12.5. The molecular formula is C20H21F3N2. The van der Waals surface area contributed by atoms with Crippen LogP contribution in [0.5, 0.6) is 0 Å². The van der Waals surface area contributed by atoms with Gasteiger partial charge < -0.3 is 0 Å². The molecule has 0 heterocycles. The van der Waals surface area contributed by atoms with E-state index in [2.05, 4.69) is 29.3 Å². The number of rotatable bonds is 7. The van der Waals surface area contributed by atoms with Crippen LogP contribution < -0.4 is 0 Å². The standard InChI is InChI=1S/C20H21F3N2/c1-2-3-4-5-16-6-8-17(9-7-16)14-24-25-15-18-10-12-19(13-11-18)20(21,22)23/h6-15H,2-5H2,1H3. The number of aryl methyl sites for hydroxylation is 1. The molecule has 0 aliphatic carbocycles. The first kappa shape index (κ1) is 18.9. The van der Waals surface area contributed by atoms with E-state index < -0.39 is 11.7 Å². The molecule has 0 spiro atoms. The second-order valence-electron chi connectivity index (χ2n) is 5.81. The summed E-state index contributed by atoms with van der Waals surface area (Å²) >= 11 is 0. The summed E-state index contributed by atoms with van der Waals surface area (Å²) in [5, 5.41) is 7.81. The van der Waals surface area contributed by atoms with Crippen LogP contribution in [0.4, 0.5) is 13.2 Å². The summed E-state index contributed by atoms with van der Waals surface area (Å²) in [5.74, 6) is 0. The summed E-state index contributed by atoms with van der Waals surface area (Å²) in [7, 11) is 0. The molecule has 0 radical (unpaired) electrons. The van der Waals surface area contributed by atoms with Crippen molar-refractivity contribution in [2.45, 2.75) is 38.8 Å². The van der Waals surface area contributed by atoms with Gasteiger partial charge >= 0.3 is 6.18 Å². The Hall–Kier alpha value is -2.43. The molecular weight excluding hydrogens is 325 g/mol. The minimum absolute atomic E-state index is 0.566. The number of nitrogens with zero attached hydrogens (tertiary/aromatic N) is 2. The highest BCUT2D eigenvalue weighted by molar-refractivity contribution is 5.82. The van der Waals surface area contributed by atoms with Crippen LogP contribution in [0.3, 0.4) is 0 Å². The van der Waals surface area contributed by atoms with Gasteiger partial charge in [-0.1, -0.05) is 56.2 Å². The summed E-state index contributed by atoms with van der Waals surface area (Å²) in [5.41, 5.74) is 2.13. The molecule has 2 aromatic carbocycles. The molecule has 0 fully saturated rings. The first-order chi connectivity index (χ1) is 12.0. The average molecular weight is 346 g/mol. The fraction of sp³-hybridized carbons (Fsp3) is 0.300. The van der Waals surface area contributed by atoms with E-state index >= 15 is 0 Å². The molecule has 0 N–H and O–H groups in total. The number of alkyl halides is 3. The Morgan fingerprint density at radius 3 is 1.80 bits per heavy atom. The highest BCUT2D eigenvalue weighted by Crippen LogP contribution is 2.28. The molecule has 0 aromatic heterocycles. The molecule has 5 heteroatoms. The quantitative estimate of drug-likeness (QED) is 0.339. The lowest BCUT2D eigenvalue weighted by atomic mass is 10.1. The van der Waals surface area contributed by atoms with Crippen molar-refractivity contribution in [3.63, 3.8) is 0 Å². The predicted molar refractivity (Wildman–Crippen MR) is 96.3 cm³/mol. The minimum Gasteiger partial charge on any atom is -0.166 e. The zero-order valence-corrected chi connectivity index (χ0v) is 14.1. The van der Waals surface area contributed by atoms with Crippen LogP contribution >= 0.6 is 0 Å². The summed E-state index contributed by atoms with van der Waals surface area (Å²) in [4.78, 5) is 0. The molecule has 0 atom stereocenters. The van der Waals surface area contributed by atoms with Crippen molar-refractivity contribution in [1.29, 1.82) is 0 Å². The Bertz CT molecular complexity index is 699. The van der Waals surface area contributed by atoms with E-state index in [1.807, 2.05) is 12.1 Å². The van der Waals surface area contributed by atoms with Crippen molar-refractivity contribution in [2.75, 3.05) is 0 Å². The number of halogens is 3. The maximum Gasteiger partial charge on any atom is 0.416 e. The third kappa shape index (κ3) is 6.53. The molecule has 2 aromatic rings. The summed E-state index contributed by atoms with van der Waals surface area (Å²) in [6.45, 7) is 2.19. The Kier molecular flexibility index (Phi) is 6.92. The number of benzene rings is 2. The van der Waals surface area contributed by atoms with Gasteiger partial charge in [-0.05, 0) is 41.7 Å². The second kappa shape index (κ2) is 9.16. The average Bonchev–Trinajstić information content (AvgIpc) is 2.60. The lowest BCUT2D eigenvalue weighted by molar-refractivity contribution is -0.137. The molecule has 0 amide bonds. The molecule has 0 bridgehead atoms. The monoisotopic (exact) mass is 346 g/mol. The largest absolute Gasteiger partial charge is 0.416 e. The Labute approximate surface area is 146 Å². The molecule has 2 rings (SSSR count). The normalized spacial score (nSPS) is 12.3. The van der Waals surface area contributed by atoms with Gasteiger partial charge in [0, 0.05) is 0 Å². The molecule has 0 saturated carbocycles. The Morgan fingerprint density at radius 1 is 0.800 bits per heavy atom. The van der Waals surface area contributed by atoms with Gasteiger partial charge in [-0.15, -0.1) is 0 Å². The summed E-state index contributed by atoms with van der Waals surface area (Å²) in [6.07, 6.45) is 3.45. The van der Waals surface area contributed by atoms with Gasteiger partial charge in [-0.3, -0.25) is 0 Å². The van der Waals surface area contributed by atoms with Crippen molar-refractivity contribution < 1.29 is 13.2 Å². The van der Waals surface area contributed by atoms with Crippen LogP contribution in [0.25, 0.3) is 0 Å². The first-order valence-corrected chi connectivity index (χ1v) is 8.31. The van der Waals surface area contributed by atoms with Gasteiger partial charge in [0.15, 0.2) is 0 Å². The summed E-state index contributed by atoms with van der Waals surface area (Å²) in [6, 6.07) is 12.9. The molecule has 2 nitrogen and oxygen atoms in total. The fourth-order valence-corrected chi connectivity index (χ4v) is 2.31. The van der Waals surface area contributed by atoms with Crippen molar-refractivity contribution in [2.24, 2.45) is 10.2 Å². The third-order valence-corrected chi connectivity index (χ3v) is 3.77. The van der Waals surface area contributed by atoms with Crippen LogP contribution in [0, 0.1) is 0 Å². The van der Waals surface area contributed by atoms with Gasteiger partial charge in [0.1, 0.15) is 0 Å². The van der Waals surface area contributed by atoms with Crippen molar-refractivity contribution >= 4 is 12.4 Å². The highest BCUT2D eigenvalue weighted by atomic mass is 19.4. The van der Waals surface area contributed by atoms with E-state index in [1.165, 1.54) is 43.2 Å². The molecule has 0 aliphatic rings. The minimum atomic E-state index is -4.32. The lowest BCUT2D eigenvalue weighted by Gasteiger charge is -2.05. The van der Waals surface area contributed by atoms with E-state index in [0.717, 1.165) is 24.1 Å². The molecule has 0 aliphatic heterocycles. The summed E-state index contributed by atoms with van der Waals surface area (Å²) < 4.78 is 37.4. The van der Waals surface area contributed by atoms with Crippen LogP contribution in [-0.4, -0.2) is 12.4 Å². The van der Waals surface area contributed by atoms with Crippen LogP contribution in [0.1, 0.15) is 48.4 Å². The van der Waals surface area contributed by atoms with Crippen LogP contribution in [0.2, 0.25) is 0 Å². The van der Waals surface area contributed by atoms with Crippen molar-refractivity contribution in [3.05, 3.63) is 70.8 Å². The highest BCUT2D eigenvalue weighted by Gasteiger charge is 2.29. The smallest absolute Gasteiger partial charge is 0.166 e. The van der Waals surface area contributed by atoms with Crippen molar-refractivity contribution in [3.8, 4) is 0 Å². The number of hydrogen-bond donors (Lipinski definition) is 0. The topological polar surface area (TPSA) is 24.7 Å². The van der Waals surface area contributed by atoms with E-state index in [0.29, 0.717) is 5.56 Å². The van der Waals surface area contributed by atoms with Gasteiger partial charge in [0.25, 0.3) is 0 Å². The molecule has 132 valence electrons. The zero-order valence-electron chi connectivity index (χ0n) is 14.1. The van der Waals surface area contributed by atoms with E-state index in [4.69, 9.17) is 0 Å². The number of unbranched alkanes of at least 4 members (excludes halogenated alkanes) is 2. The van der Waals surface area contributed by atoms with E-state index in [1.54, 1.807) is 6.21 Å². The van der Waals surface area contributed by atoms with E-state index in [9.17, 15) is 13.2 Å². The molecule has 0 saturated heterocycles. The van der Waals surface area contributed by atoms with E-state index in [-0.39, 0.29) is 0 Å². The van der Waals surface area contributed by atoms with Gasteiger partial charge in [0.2, 0.25) is 0 Å². The van der Waals surface area contributed by atoms with Gasteiger partial charge in [0.05, 0.1) is 18.0 Å². The van der Waals surface area contributed by atoms with Crippen molar-refractivity contribution in [1.82, 2.24) is 0 Å². The molecule has 0 unspecified atom stereocenters. The lowest BCUT2D eigenvalue weighted by Crippen LogP contribution is -2.04. The third-order valence-electron chi connectivity index (χ3n) is 3.77. The molecule has 25 heavy (non-hydrogen) atoms. The SMILES string of the molecule is CCCCCc1ccc(C=NN=Cc2ccc(C(F)(F)F)cc2)cc1. The Balaban J connectivity index is 1.88. The van der Waals surface area contributed by atoms with Crippen LogP contribution in [-0.2, 0) is 12.6 Å². The fourth-order valence-electron chi connectivity index (χ4n) is 2.31. The Morgan fingerprint density at radius 2 is 1.32 bits per heavy atom. The second-order valence-corrected chi connectivity index (χ2v) is 5.81. The zero-order chi connectivity index (χ0) is 18.1. The predicted octanol–water partition coefficient (Wildman–Crippen LogP) is 5.89. The first-order valence-electron chi connectivity index (χ1n) is 8.31. The maximum atomic E-state index is 12.5. The number of hydrogen-bond acceptors (Lipinski definition) is 2. The van der Waals surface area contributed by atoms with Gasteiger partial charge in [-0.2, -0.15) is 23.4 Å². The van der Waals surface area contributed by atoms with Crippen LogP contribution in [0.15, 0.2) is 58.7 Å². The van der Waals surface area contributed by atoms with Gasteiger partial charge in [-0.25, -0.2) is 0 Å².